The Balaban J connectivity index is 1.98. The minimum atomic E-state index is -2.59. The quantitative estimate of drug-likeness (QED) is 0.445. The van der Waals surface area contributed by atoms with Crippen LogP contribution in [0.3, 0.4) is 0 Å². The average molecular weight is 486 g/mol. The molecule has 1 aromatic carbocycles. The van der Waals surface area contributed by atoms with Crippen LogP contribution in [0.5, 0.6) is 5.75 Å². The molecule has 4 rings (SSSR count). The van der Waals surface area contributed by atoms with Gasteiger partial charge in [-0.1, -0.05) is 0 Å². The molecule has 35 heavy (non-hydrogen) atoms. The summed E-state index contributed by atoms with van der Waals surface area (Å²) in [5.41, 5.74) is 3.76. The van der Waals surface area contributed by atoms with Crippen molar-refractivity contribution in [3.8, 4) is 5.75 Å². The normalized spacial score (nSPS) is 28.0. The third-order valence-electron chi connectivity index (χ3n) is 7.35. The van der Waals surface area contributed by atoms with E-state index in [1.54, 1.807) is 32.0 Å². The van der Waals surface area contributed by atoms with E-state index in [2.05, 4.69) is 0 Å². The smallest absolute Gasteiger partial charge is 0.255 e. The summed E-state index contributed by atoms with van der Waals surface area (Å²) in [6.45, 7) is 2.11. The Morgan fingerprint density at radius 3 is 2.40 bits per heavy atom. The van der Waals surface area contributed by atoms with E-state index in [1.165, 1.54) is 0 Å². The Labute approximate surface area is 203 Å². The predicted molar refractivity (Wildman–Crippen MR) is 128 cm³/mol. The van der Waals surface area contributed by atoms with Crippen LogP contribution in [0.25, 0.3) is 0 Å². The van der Waals surface area contributed by atoms with Crippen molar-refractivity contribution in [3.63, 3.8) is 0 Å². The summed E-state index contributed by atoms with van der Waals surface area (Å²) in [4.78, 5) is 42.7. The van der Waals surface area contributed by atoms with Crippen LogP contribution < -0.4 is 15.4 Å². The van der Waals surface area contributed by atoms with Gasteiger partial charge in [0, 0.05) is 31.3 Å². The summed E-state index contributed by atoms with van der Waals surface area (Å²) >= 11 is 0. The molecule has 0 bridgehead atoms. The number of Topliss-reactive ketones (excluding diaryl/α,β-unsaturated/α-hetero) is 2. The standard InChI is InChI=1S/C25H31N3O7/c1-6-35-15-8-7-14(27(2)3)12-9-11-10-13-19(28(4)5)21(30)18(24(26)33)23(32)25(13,34)22(31)16(11)20(29)17(12)15/h7-8,11,13,19,30-31,34H,6,9-10H2,1-5H3,(H2,26,33). The van der Waals surface area contributed by atoms with E-state index < -0.39 is 58.0 Å². The number of rotatable bonds is 5. The molecule has 3 aliphatic carbocycles. The topological polar surface area (TPSA) is 154 Å². The second kappa shape index (κ2) is 8.39. The maximum atomic E-state index is 13.8. The number of benzene rings is 1. The molecule has 1 amide bonds. The lowest BCUT2D eigenvalue weighted by Gasteiger charge is -2.50. The third kappa shape index (κ3) is 3.35. The van der Waals surface area contributed by atoms with Gasteiger partial charge in [0.15, 0.2) is 11.4 Å². The molecule has 0 aliphatic heterocycles. The molecule has 1 aromatic rings. The summed E-state index contributed by atoms with van der Waals surface area (Å²) in [6, 6.07) is 2.57. The van der Waals surface area contributed by atoms with Gasteiger partial charge in [0.1, 0.15) is 22.8 Å². The van der Waals surface area contributed by atoms with Gasteiger partial charge in [0.2, 0.25) is 5.78 Å². The van der Waals surface area contributed by atoms with Crippen LogP contribution in [0.1, 0.15) is 29.3 Å². The van der Waals surface area contributed by atoms with Crippen molar-refractivity contribution in [1.29, 1.82) is 0 Å². The Morgan fingerprint density at radius 2 is 1.86 bits per heavy atom. The number of likely N-dealkylation sites (N-methyl/N-ethyl adjacent to an activating group) is 1. The first-order valence-electron chi connectivity index (χ1n) is 11.5. The molecule has 0 saturated heterocycles. The number of hydrogen-bond acceptors (Lipinski definition) is 9. The third-order valence-corrected chi connectivity index (χ3v) is 7.35. The number of carbonyl (C=O) groups excluding carboxylic acids is 3. The van der Waals surface area contributed by atoms with Crippen LogP contribution >= 0.6 is 0 Å². The Bertz CT molecular complexity index is 1200. The van der Waals surface area contributed by atoms with E-state index in [4.69, 9.17) is 10.5 Å². The fourth-order valence-electron chi connectivity index (χ4n) is 5.92. The molecular formula is C25H31N3O7. The maximum absolute atomic E-state index is 13.8. The Kier molecular flexibility index (Phi) is 5.93. The summed E-state index contributed by atoms with van der Waals surface area (Å²) in [5.74, 6) is -5.52. The number of ketones is 2. The van der Waals surface area contributed by atoms with E-state index in [9.17, 15) is 29.7 Å². The molecule has 0 saturated carbocycles. The number of carbonyl (C=O) groups is 3. The van der Waals surface area contributed by atoms with Crippen molar-refractivity contribution in [2.24, 2.45) is 17.6 Å². The van der Waals surface area contributed by atoms with Gasteiger partial charge in [-0.15, -0.1) is 0 Å². The molecule has 0 radical (unpaired) electrons. The van der Waals surface area contributed by atoms with Crippen LogP contribution in [-0.2, 0) is 16.0 Å². The van der Waals surface area contributed by atoms with Gasteiger partial charge in [0.25, 0.3) is 5.91 Å². The Hall–Kier alpha value is -3.37. The number of primary amides is 1. The first kappa shape index (κ1) is 24.7. The van der Waals surface area contributed by atoms with Gasteiger partial charge in [0.05, 0.1) is 18.2 Å². The largest absolute Gasteiger partial charge is 0.510 e. The molecule has 0 spiro atoms. The van der Waals surface area contributed by atoms with Gasteiger partial charge < -0.3 is 30.7 Å². The number of ether oxygens (including phenoxy) is 1. The van der Waals surface area contributed by atoms with Crippen LogP contribution in [0.2, 0.25) is 0 Å². The van der Waals surface area contributed by atoms with E-state index in [1.807, 2.05) is 25.1 Å². The van der Waals surface area contributed by atoms with Crippen LogP contribution in [0.4, 0.5) is 5.69 Å². The lowest BCUT2D eigenvalue weighted by Crippen LogP contribution is -2.63. The summed E-state index contributed by atoms with van der Waals surface area (Å²) in [7, 11) is 6.95. The fourth-order valence-corrected chi connectivity index (χ4v) is 5.92. The average Bonchev–Trinajstić information content (AvgIpc) is 2.75. The van der Waals surface area contributed by atoms with Crippen molar-refractivity contribution >= 4 is 23.2 Å². The lowest BCUT2D eigenvalue weighted by molar-refractivity contribution is -0.148. The minimum absolute atomic E-state index is 0.0795. The summed E-state index contributed by atoms with van der Waals surface area (Å²) in [5, 5.41) is 33.9. The molecule has 0 fully saturated rings. The Morgan fingerprint density at radius 1 is 1.20 bits per heavy atom. The molecule has 188 valence electrons. The molecule has 10 nitrogen and oxygen atoms in total. The molecule has 5 N–H and O–H groups in total. The minimum Gasteiger partial charge on any atom is -0.510 e. The highest BCUT2D eigenvalue weighted by molar-refractivity contribution is 6.24. The van der Waals surface area contributed by atoms with Gasteiger partial charge in [-0.2, -0.15) is 0 Å². The molecule has 3 aliphatic rings. The second-order valence-electron chi connectivity index (χ2n) is 9.73. The molecule has 0 heterocycles. The van der Waals surface area contributed by atoms with Crippen molar-refractivity contribution in [1.82, 2.24) is 4.90 Å². The number of nitrogens with zero attached hydrogens (tertiary/aromatic N) is 2. The van der Waals surface area contributed by atoms with E-state index in [0.717, 1.165) is 11.3 Å². The highest BCUT2D eigenvalue weighted by atomic mass is 16.5. The SMILES string of the molecule is CCOc1ccc(N(C)C)c2c1C(=O)C1=C(O)C3(O)C(=O)C(C(N)=O)=C(O)C(N(C)C)C3CC1C2. The van der Waals surface area contributed by atoms with Gasteiger partial charge in [-0.3, -0.25) is 19.3 Å². The van der Waals surface area contributed by atoms with Crippen molar-refractivity contribution in [3.05, 3.63) is 45.9 Å². The van der Waals surface area contributed by atoms with Crippen molar-refractivity contribution < 1.29 is 34.4 Å². The summed E-state index contributed by atoms with van der Waals surface area (Å²) in [6.07, 6.45) is 0.459. The predicted octanol–water partition coefficient (Wildman–Crippen LogP) is 0.880. The molecular weight excluding hydrogens is 454 g/mol. The number of amides is 1. The molecule has 0 aromatic heterocycles. The van der Waals surface area contributed by atoms with Gasteiger partial charge in [-0.05, 0) is 57.5 Å². The molecule has 10 heteroatoms. The number of fused-ring (bicyclic) bond motifs is 3. The van der Waals surface area contributed by atoms with Crippen LogP contribution in [-0.4, -0.2) is 84.1 Å². The van der Waals surface area contributed by atoms with Gasteiger partial charge >= 0.3 is 0 Å². The highest BCUT2D eigenvalue weighted by Gasteiger charge is 2.63. The van der Waals surface area contributed by atoms with E-state index >= 15 is 0 Å². The van der Waals surface area contributed by atoms with Crippen molar-refractivity contribution in [2.75, 3.05) is 39.7 Å². The molecule has 4 atom stereocenters. The van der Waals surface area contributed by atoms with E-state index in [-0.39, 0.29) is 17.6 Å². The second-order valence-corrected chi connectivity index (χ2v) is 9.73. The lowest BCUT2D eigenvalue weighted by atomic mass is 9.58. The first-order valence-corrected chi connectivity index (χ1v) is 11.5. The number of aliphatic hydroxyl groups is 3. The van der Waals surface area contributed by atoms with Crippen LogP contribution in [0, 0.1) is 11.8 Å². The number of aliphatic hydroxyl groups excluding tert-OH is 2. The zero-order chi connectivity index (χ0) is 26.0. The highest BCUT2D eigenvalue weighted by Crippen LogP contribution is 2.53. The monoisotopic (exact) mass is 485 g/mol. The fraction of sp³-hybridized carbons (Fsp3) is 0.480. The van der Waals surface area contributed by atoms with Gasteiger partial charge in [-0.25, -0.2) is 0 Å². The van der Waals surface area contributed by atoms with Crippen LogP contribution in [0.15, 0.2) is 34.8 Å². The zero-order valence-corrected chi connectivity index (χ0v) is 20.5. The number of allylic oxidation sites excluding steroid dienone is 1. The van der Waals surface area contributed by atoms with E-state index in [0.29, 0.717) is 18.8 Å². The number of anilines is 1. The first-order chi connectivity index (χ1) is 16.4. The van der Waals surface area contributed by atoms with Crippen molar-refractivity contribution in [2.45, 2.75) is 31.4 Å². The molecule has 4 unspecified atom stereocenters. The zero-order valence-electron chi connectivity index (χ0n) is 20.5. The summed E-state index contributed by atoms with van der Waals surface area (Å²) < 4.78 is 5.71. The number of nitrogens with two attached hydrogens (primary N) is 1. The number of hydrogen-bond donors (Lipinski definition) is 4. The maximum Gasteiger partial charge on any atom is 0.255 e.